The summed E-state index contributed by atoms with van der Waals surface area (Å²) in [5, 5.41) is 6.55. The van der Waals surface area contributed by atoms with Crippen LogP contribution in [0.2, 0.25) is 0 Å². The van der Waals surface area contributed by atoms with E-state index in [-0.39, 0.29) is 11.8 Å². The molecule has 1 N–H and O–H groups in total. The summed E-state index contributed by atoms with van der Waals surface area (Å²) in [7, 11) is 0. The Morgan fingerprint density at radius 1 is 1.52 bits per heavy atom. The summed E-state index contributed by atoms with van der Waals surface area (Å²) in [6, 6.07) is 0. The van der Waals surface area contributed by atoms with Gasteiger partial charge in [0.15, 0.2) is 0 Å². The Morgan fingerprint density at radius 3 is 3.00 bits per heavy atom. The molecule has 1 aliphatic rings. The first kappa shape index (κ1) is 15.9. The van der Waals surface area contributed by atoms with E-state index in [9.17, 15) is 13.6 Å². The van der Waals surface area contributed by atoms with Gasteiger partial charge in [0.1, 0.15) is 0 Å². The largest absolute Gasteiger partial charge is 0.350 e. The first-order valence-corrected chi connectivity index (χ1v) is 7.32. The predicted molar refractivity (Wildman–Crippen MR) is 75.1 cm³/mol. The van der Waals surface area contributed by atoms with Crippen LogP contribution in [0.15, 0.2) is 12.4 Å². The van der Waals surface area contributed by atoms with Crippen LogP contribution in [0.5, 0.6) is 0 Å². The van der Waals surface area contributed by atoms with E-state index in [1.54, 1.807) is 0 Å². The number of likely N-dealkylation sites (tertiary alicyclic amines) is 1. The Balaban J connectivity index is 1.76. The minimum atomic E-state index is -2.49. The molecule has 1 unspecified atom stereocenters. The summed E-state index contributed by atoms with van der Waals surface area (Å²) >= 11 is 0. The fourth-order valence-corrected chi connectivity index (χ4v) is 2.63. The third-order valence-electron chi connectivity index (χ3n) is 3.71. The zero-order chi connectivity index (χ0) is 15.2. The number of hydrogen-bond acceptors (Lipinski definition) is 3. The second-order valence-corrected chi connectivity index (χ2v) is 5.56. The molecule has 21 heavy (non-hydrogen) atoms. The topological polar surface area (TPSA) is 50.2 Å². The van der Waals surface area contributed by atoms with Crippen molar-refractivity contribution >= 4 is 5.91 Å². The highest BCUT2D eigenvalue weighted by Gasteiger charge is 2.25. The SMILES string of the molecule is Cc1cnn(CCN2CCCC(C(=O)NCC(F)F)C2)c1. The highest BCUT2D eigenvalue weighted by Crippen LogP contribution is 2.16. The molecule has 1 saturated heterocycles. The molecule has 2 heterocycles. The van der Waals surface area contributed by atoms with E-state index < -0.39 is 13.0 Å². The van der Waals surface area contributed by atoms with Gasteiger partial charge in [0.25, 0.3) is 6.43 Å². The third-order valence-corrected chi connectivity index (χ3v) is 3.71. The van der Waals surface area contributed by atoms with Crippen LogP contribution in [0.1, 0.15) is 18.4 Å². The van der Waals surface area contributed by atoms with Crippen molar-refractivity contribution in [3.05, 3.63) is 18.0 Å². The predicted octanol–water partition coefficient (Wildman–Crippen LogP) is 1.28. The van der Waals surface area contributed by atoms with Crippen molar-refractivity contribution in [2.75, 3.05) is 26.2 Å². The van der Waals surface area contributed by atoms with Gasteiger partial charge in [-0.05, 0) is 31.9 Å². The molecule has 0 aliphatic carbocycles. The maximum absolute atomic E-state index is 12.1. The average Bonchev–Trinajstić information content (AvgIpc) is 2.88. The first-order valence-electron chi connectivity index (χ1n) is 7.32. The Hall–Kier alpha value is -1.50. The molecule has 0 spiro atoms. The molecular weight excluding hydrogens is 278 g/mol. The number of nitrogens with zero attached hydrogens (tertiary/aromatic N) is 3. The molecule has 1 aromatic heterocycles. The molecule has 7 heteroatoms. The molecule has 0 aromatic carbocycles. The van der Waals surface area contributed by atoms with Crippen molar-refractivity contribution in [1.29, 1.82) is 0 Å². The minimum absolute atomic E-state index is 0.183. The van der Waals surface area contributed by atoms with E-state index in [4.69, 9.17) is 0 Å². The van der Waals surface area contributed by atoms with Crippen LogP contribution in [-0.2, 0) is 11.3 Å². The van der Waals surface area contributed by atoms with Gasteiger partial charge in [0, 0.05) is 19.3 Å². The van der Waals surface area contributed by atoms with Gasteiger partial charge in [-0.3, -0.25) is 9.48 Å². The van der Waals surface area contributed by atoms with Gasteiger partial charge in [-0.1, -0.05) is 0 Å². The lowest BCUT2D eigenvalue weighted by molar-refractivity contribution is -0.127. The van der Waals surface area contributed by atoms with Crippen LogP contribution in [-0.4, -0.2) is 53.2 Å². The minimum Gasteiger partial charge on any atom is -0.350 e. The summed E-state index contributed by atoms with van der Waals surface area (Å²) in [6.07, 6.45) is 3.00. The molecule has 1 amide bonds. The van der Waals surface area contributed by atoms with Crippen molar-refractivity contribution in [3.63, 3.8) is 0 Å². The third kappa shape index (κ3) is 5.08. The molecule has 0 radical (unpaired) electrons. The first-order chi connectivity index (χ1) is 10.0. The van der Waals surface area contributed by atoms with Gasteiger partial charge in [-0.2, -0.15) is 5.10 Å². The molecule has 0 bridgehead atoms. The number of halogens is 2. The molecule has 0 saturated carbocycles. The van der Waals surface area contributed by atoms with E-state index in [2.05, 4.69) is 15.3 Å². The van der Waals surface area contributed by atoms with E-state index in [1.807, 2.05) is 24.0 Å². The molecular formula is C14H22F2N4O. The van der Waals surface area contributed by atoms with Gasteiger partial charge < -0.3 is 10.2 Å². The van der Waals surface area contributed by atoms with E-state index in [0.717, 1.165) is 38.0 Å². The Morgan fingerprint density at radius 2 is 2.33 bits per heavy atom. The van der Waals surface area contributed by atoms with Gasteiger partial charge in [-0.25, -0.2) is 8.78 Å². The average molecular weight is 300 g/mol. The number of rotatable bonds is 6. The van der Waals surface area contributed by atoms with Crippen LogP contribution in [0.25, 0.3) is 0 Å². The van der Waals surface area contributed by atoms with Crippen LogP contribution < -0.4 is 5.32 Å². The van der Waals surface area contributed by atoms with Crippen molar-refractivity contribution in [3.8, 4) is 0 Å². The lowest BCUT2D eigenvalue weighted by atomic mass is 9.97. The Kier molecular flexibility index (Phi) is 5.67. The summed E-state index contributed by atoms with van der Waals surface area (Å²) in [5.74, 6) is -0.438. The number of piperidine rings is 1. The second-order valence-electron chi connectivity index (χ2n) is 5.56. The molecule has 1 aromatic rings. The van der Waals surface area contributed by atoms with Crippen LogP contribution in [0.3, 0.4) is 0 Å². The standard InChI is InChI=1S/C14H22F2N4O/c1-11-7-18-20(9-11)6-5-19-4-2-3-12(10-19)14(21)17-8-13(15)16/h7,9,12-13H,2-6,8,10H2,1H3,(H,17,21). The smallest absolute Gasteiger partial charge is 0.255 e. The van der Waals surface area contributed by atoms with Gasteiger partial charge in [0.2, 0.25) is 5.91 Å². The second kappa shape index (κ2) is 7.49. The fourth-order valence-electron chi connectivity index (χ4n) is 2.63. The van der Waals surface area contributed by atoms with Crippen molar-refractivity contribution < 1.29 is 13.6 Å². The van der Waals surface area contributed by atoms with Crippen molar-refractivity contribution in [1.82, 2.24) is 20.0 Å². The Labute approximate surface area is 123 Å². The number of carbonyl (C=O) groups is 1. The van der Waals surface area contributed by atoms with Crippen molar-refractivity contribution in [2.24, 2.45) is 5.92 Å². The summed E-state index contributed by atoms with van der Waals surface area (Å²) in [4.78, 5) is 14.0. The molecule has 5 nitrogen and oxygen atoms in total. The summed E-state index contributed by atoms with van der Waals surface area (Å²) < 4.78 is 26.1. The lowest BCUT2D eigenvalue weighted by Gasteiger charge is -2.31. The normalized spacial score (nSPS) is 19.9. The number of carbonyl (C=O) groups excluding carboxylic acids is 1. The fraction of sp³-hybridized carbons (Fsp3) is 0.714. The van der Waals surface area contributed by atoms with E-state index in [1.165, 1.54) is 0 Å². The highest BCUT2D eigenvalue weighted by atomic mass is 19.3. The maximum atomic E-state index is 12.1. The number of nitrogens with one attached hydrogen (secondary N) is 1. The number of alkyl halides is 2. The molecule has 1 fully saturated rings. The molecule has 1 atom stereocenters. The number of hydrogen-bond donors (Lipinski definition) is 1. The number of aryl methyl sites for hydroxylation is 1. The summed E-state index contributed by atoms with van der Waals surface area (Å²) in [5.41, 5.74) is 1.12. The Bertz CT molecular complexity index is 464. The van der Waals surface area contributed by atoms with Gasteiger partial charge in [-0.15, -0.1) is 0 Å². The zero-order valence-electron chi connectivity index (χ0n) is 12.3. The van der Waals surface area contributed by atoms with E-state index >= 15 is 0 Å². The molecule has 1 aliphatic heterocycles. The van der Waals surface area contributed by atoms with Gasteiger partial charge in [0.05, 0.1) is 25.2 Å². The summed E-state index contributed by atoms with van der Waals surface area (Å²) in [6.45, 7) is 4.61. The molecule has 118 valence electrons. The maximum Gasteiger partial charge on any atom is 0.255 e. The highest BCUT2D eigenvalue weighted by molar-refractivity contribution is 5.78. The van der Waals surface area contributed by atoms with E-state index in [0.29, 0.717) is 6.54 Å². The van der Waals surface area contributed by atoms with Crippen LogP contribution in [0.4, 0.5) is 8.78 Å². The lowest BCUT2D eigenvalue weighted by Crippen LogP contribution is -2.44. The van der Waals surface area contributed by atoms with Crippen molar-refractivity contribution in [2.45, 2.75) is 32.7 Å². The number of aromatic nitrogens is 2. The van der Waals surface area contributed by atoms with Gasteiger partial charge >= 0.3 is 0 Å². The number of amides is 1. The molecule has 2 rings (SSSR count). The van der Waals surface area contributed by atoms with Crippen LogP contribution in [0, 0.1) is 12.8 Å². The monoisotopic (exact) mass is 300 g/mol. The van der Waals surface area contributed by atoms with Crippen LogP contribution >= 0.6 is 0 Å². The zero-order valence-corrected chi connectivity index (χ0v) is 12.3. The quantitative estimate of drug-likeness (QED) is 0.861.